The van der Waals surface area contributed by atoms with E-state index in [2.05, 4.69) is 21.7 Å². The quantitative estimate of drug-likeness (QED) is 0.543. The number of nitrogens with two attached hydrogens (primary N) is 1. The molecule has 0 aliphatic carbocycles. The number of hydrogen-bond acceptors (Lipinski definition) is 5. The van der Waals surface area contributed by atoms with E-state index in [1.54, 1.807) is 23.0 Å². The smallest absolute Gasteiger partial charge is 0.269 e. The number of aromatic nitrogens is 3. The molecule has 0 saturated heterocycles. The number of nitrogens with one attached hydrogen (secondary N) is 1. The van der Waals surface area contributed by atoms with Crippen molar-refractivity contribution in [3.05, 3.63) is 65.5 Å². The Hall–Kier alpha value is -3.04. The summed E-state index contributed by atoms with van der Waals surface area (Å²) in [5, 5.41) is 4.51. The van der Waals surface area contributed by atoms with Gasteiger partial charge in [-0.2, -0.15) is 5.10 Å². The van der Waals surface area contributed by atoms with Gasteiger partial charge in [0.25, 0.3) is 5.91 Å². The molecule has 30 heavy (non-hydrogen) atoms. The number of carbonyl (C=O) groups is 1. The Bertz CT molecular complexity index is 1120. The Labute approximate surface area is 176 Å². The van der Waals surface area contributed by atoms with Gasteiger partial charge in [-0.25, -0.2) is 17.8 Å². The molecule has 2 heterocycles. The van der Waals surface area contributed by atoms with Crippen LogP contribution in [0.1, 0.15) is 41.4 Å². The van der Waals surface area contributed by atoms with Gasteiger partial charge < -0.3 is 5.73 Å². The summed E-state index contributed by atoms with van der Waals surface area (Å²) in [7, 11) is -3.29. The molecule has 158 valence electrons. The van der Waals surface area contributed by atoms with Gasteiger partial charge in [0.1, 0.15) is 0 Å². The summed E-state index contributed by atoms with van der Waals surface area (Å²) in [5.41, 5.74) is 9.50. The topological polar surface area (TPSA) is 120 Å². The van der Waals surface area contributed by atoms with Crippen LogP contribution in [0.15, 0.2) is 48.7 Å². The second kappa shape index (κ2) is 9.19. The fraction of sp³-hybridized carbons (Fsp3) is 0.286. The number of carbonyl (C=O) groups excluding carboxylic acids is 1. The summed E-state index contributed by atoms with van der Waals surface area (Å²) < 4.78 is 26.8. The van der Waals surface area contributed by atoms with E-state index in [0.29, 0.717) is 17.8 Å². The number of amides is 1. The van der Waals surface area contributed by atoms with Gasteiger partial charge in [-0.05, 0) is 36.6 Å². The maximum atomic E-state index is 12.1. The van der Waals surface area contributed by atoms with Crippen molar-refractivity contribution >= 4 is 15.9 Å². The van der Waals surface area contributed by atoms with Gasteiger partial charge in [0.2, 0.25) is 10.0 Å². The summed E-state index contributed by atoms with van der Waals surface area (Å²) in [4.78, 5) is 16.6. The zero-order chi connectivity index (χ0) is 21.7. The highest BCUT2D eigenvalue weighted by Crippen LogP contribution is 2.29. The third kappa shape index (κ3) is 5.11. The molecule has 0 radical (unpaired) electrons. The third-order valence-corrected chi connectivity index (χ3v) is 5.27. The van der Waals surface area contributed by atoms with E-state index in [-0.39, 0.29) is 12.2 Å². The lowest BCUT2D eigenvalue weighted by Gasteiger charge is -2.10. The molecule has 0 bridgehead atoms. The molecule has 0 aliphatic rings. The molecular formula is C21H25N5O3S. The molecule has 1 amide bonds. The van der Waals surface area contributed by atoms with Crippen molar-refractivity contribution < 1.29 is 13.2 Å². The first-order chi connectivity index (χ1) is 14.3. The van der Waals surface area contributed by atoms with Crippen LogP contribution in [0, 0.1) is 0 Å². The Kier molecular flexibility index (Phi) is 6.63. The predicted octanol–water partition coefficient (Wildman–Crippen LogP) is 2.43. The first-order valence-electron chi connectivity index (χ1n) is 9.67. The highest BCUT2D eigenvalue weighted by Gasteiger charge is 2.23. The van der Waals surface area contributed by atoms with Crippen LogP contribution < -0.4 is 10.5 Å². The lowest BCUT2D eigenvalue weighted by Crippen LogP contribution is -2.21. The molecule has 3 rings (SSSR count). The normalized spacial score (nSPS) is 11.5. The minimum atomic E-state index is -3.29. The second-order valence-corrected chi connectivity index (χ2v) is 8.87. The minimum absolute atomic E-state index is 0.152. The molecule has 0 unspecified atom stereocenters. The van der Waals surface area contributed by atoms with Gasteiger partial charge in [0.15, 0.2) is 5.69 Å². The summed E-state index contributed by atoms with van der Waals surface area (Å²) in [5.74, 6) is -0.578. The Morgan fingerprint density at radius 1 is 1.17 bits per heavy atom. The van der Waals surface area contributed by atoms with Crippen molar-refractivity contribution in [2.75, 3.05) is 6.26 Å². The van der Waals surface area contributed by atoms with Crippen LogP contribution in [0.3, 0.4) is 0 Å². The average Bonchev–Trinajstić information content (AvgIpc) is 3.11. The Morgan fingerprint density at radius 2 is 1.90 bits per heavy atom. The van der Waals surface area contributed by atoms with Crippen molar-refractivity contribution in [2.24, 2.45) is 5.73 Å². The highest BCUT2D eigenvalue weighted by molar-refractivity contribution is 7.88. The summed E-state index contributed by atoms with van der Waals surface area (Å²) >= 11 is 0. The Balaban J connectivity index is 2.10. The van der Waals surface area contributed by atoms with Crippen molar-refractivity contribution in [1.29, 1.82) is 0 Å². The van der Waals surface area contributed by atoms with Crippen molar-refractivity contribution in [1.82, 2.24) is 19.5 Å². The maximum Gasteiger partial charge on any atom is 0.269 e. The molecule has 0 spiro atoms. The van der Waals surface area contributed by atoms with Crippen LogP contribution >= 0.6 is 0 Å². The summed E-state index contributed by atoms with van der Waals surface area (Å²) in [6.45, 7) is 2.23. The van der Waals surface area contributed by atoms with E-state index < -0.39 is 15.9 Å². The number of benzene rings is 1. The number of unbranched alkanes of at least 4 members (excludes halogenated alkanes) is 1. The fourth-order valence-electron chi connectivity index (χ4n) is 3.14. The molecule has 0 atom stereocenters. The molecular weight excluding hydrogens is 402 g/mol. The van der Waals surface area contributed by atoms with E-state index in [0.717, 1.165) is 35.9 Å². The maximum absolute atomic E-state index is 12.1. The standard InChI is InChI=1S/C21H25N5O3S/c1-3-4-10-17-19(21(22)27)25-26(16-8-6-5-7-9-16)20(17)18-12-11-15(13-23-18)14-24-30(2,28)29/h5-9,11-13,24H,3-4,10,14H2,1-2H3,(H2,22,27). The monoisotopic (exact) mass is 427 g/mol. The van der Waals surface area contributed by atoms with E-state index in [1.165, 1.54) is 0 Å². The van der Waals surface area contributed by atoms with Gasteiger partial charge in [-0.15, -0.1) is 0 Å². The average molecular weight is 428 g/mol. The van der Waals surface area contributed by atoms with Crippen LogP contribution in [0.25, 0.3) is 17.1 Å². The van der Waals surface area contributed by atoms with Crippen molar-refractivity contribution in [2.45, 2.75) is 32.7 Å². The van der Waals surface area contributed by atoms with Gasteiger partial charge in [0, 0.05) is 18.3 Å². The number of primary amides is 1. The first-order valence-corrected chi connectivity index (χ1v) is 11.6. The van der Waals surface area contributed by atoms with Gasteiger partial charge in [-0.1, -0.05) is 37.6 Å². The fourth-order valence-corrected chi connectivity index (χ4v) is 3.57. The SMILES string of the molecule is CCCCc1c(C(N)=O)nn(-c2ccccc2)c1-c1ccc(CNS(C)(=O)=O)cn1. The predicted molar refractivity (Wildman–Crippen MR) is 116 cm³/mol. The van der Waals surface area contributed by atoms with Crippen LogP contribution in [0.5, 0.6) is 0 Å². The molecule has 0 fully saturated rings. The number of nitrogens with zero attached hydrogens (tertiary/aromatic N) is 3. The largest absolute Gasteiger partial charge is 0.364 e. The van der Waals surface area contributed by atoms with Crippen molar-refractivity contribution in [3.63, 3.8) is 0 Å². The van der Waals surface area contributed by atoms with E-state index in [4.69, 9.17) is 5.73 Å². The molecule has 0 aliphatic heterocycles. The number of hydrogen-bond donors (Lipinski definition) is 2. The molecule has 2 aromatic heterocycles. The Morgan fingerprint density at radius 3 is 2.47 bits per heavy atom. The number of rotatable bonds is 9. The third-order valence-electron chi connectivity index (χ3n) is 4.60. The second-order valence-electron chi connectivity index (χ2n) is 7.04. The molecule has 9 heteroatoms. The zero-order valence-electron chi connectivity index (χ0n) is 17.0. The molecule has 3 N–H and O–H groups in total. The summed E-state index contributed by atoms with van der Waals surface area (Å²) in [6, 6.07) is 13.1. The molecule has 0 saturated carbocycles. The van der Waals surface area contributed by atoms with Crippen LogP contribution in [0.4, 0.5) is 0 Å². The van der Waals surface area contributed by atoms with Crippen LogP contribution in [-0.4, -0.2) is 35.3 Å². The van der Waals surface area contributed by atoms with Crippen LogP contribution in [0.2, 0.25) is 0 Å². The van der Waals surface area contributed by atoms with E-state index in [1.807, 2.05) is 30.3 Å². The van der Waals surface area contributed by atoms with Crippen molar-refractivity contribution in [3.8, 4) is 17.1 Å². The van der Waals surface area contributed by atoms with Gasteiger partial charge >= 0.3 is 0 Å². The molecule has 3 aromatic rings. The minimum Gasteiger partial charge on any atom is -0.364 e. The lowest BCUT2D eigenvalue weighted by molar-refractivity contribution is 0.0994. The van der Waals surface area contributed by atoms with E-state index >= 15 is 0 Å². The van der Waals surface area contributed by atoms with Gasteiger partial charge in [0.05, 0.1) is 23.3 Å². The first kappa shape index (κ1) is 21.7. The van der Waals surface area contributed by atoms with E-state index in [9.17, 15) is 13.2 Å². The molecule has 1 aromatic carbocycles. The summed E-state index contributed by atoms with van der Waals surface area (Å²) in [6.07, 6.45) is 5.21. The van der Waals surface area contributed by atoms with Gasteiger partial charge in [-0.3, -0.25) is 9.78 Å². The molecule has 8 nitrogen and oxygen atoms in total. The van der Waals surface area contributed by atoms with Crippen LogP contribution in [-0.2, 0) is 23.0 Å². The number of sulfonamides is 1. The number of pyridine rings is 1. The highest BCUT2D eigenvalue weighted by atomic mass is 32.2. The lowest BCUT2D eigenvalue weighted by atomic mass is 10.0. The zero-order valence-corrected chi connectivity index (χ0v) is 17.8. The number of para-hydroxylation sites is 1.